The average Bonchev–Trinajstić information content (AvgIpc) is 2.99. The molecule has 2 N–H and O–H groups in total. The number of nitrogens with one attached hydrogen (secondary N) is 1. The lowest BCUT2D eigenvalue weighted by Crippen LogP contribution is -2.09. The van der Waals surface area contributed by atoms with Crippen LogP contribution in [0.2, 0.25) is 0 Å². The highest BCUT2D eigenvalue weighted by molar-refractivity contribution is 7.16. The lowest BCUT2D eigenvalue weighted by molar-refractivity contribution is 0.103. The highest BCUT2D eigenvalue weighted by Crippen LogP contribution is 2.20. The van der Waals surface area contributed by atoms with Crippen LogP contribution in [0.4, 0.5) is 5.13 Å². The summed E-state index contributed by atoms with van der Waals surface area (Å²) in [5.41, 5.74) is 0. The molecular formula is C13H12N2O2S2. The number of carbonyl (C=O) groups excluding carboxylic acids is 1. The molecule has 0 bridgehead atoms. The Hall–Kier alpha value is -1.68. The summed E-state index contributed by atoms with van der Waals surface area (Å²) in [6.07, 6.45) is 2.16. The second-order valence-corrected chi connectivity index (χ2v) is 5.99. The number of thiophene rings is 1. The predicted octanol–water partition coefficient (Wildman–Crippen LogP) is 2.50. The zero-order valence-electron chi connectivity index (χ0n) is 10.3. The van der Waals surface area contributed by atoms with Crippen LogP contribution in [0.25, 0.3) is 0 Å². The second kappa shape index (κ2) is 6.48. The van der Waals surface area contributed by atoms with Gasteiger partial charge in [-0.3, -0.25) is 10.1 Å². The van der Waals surface area contributed by atoms with Crippen molar-refractivity contribution in [1.82, 2.24) is 4.98 Å². The number of anilines is 1. The van der Waals surface area contributed by atoms with Crippen molar-refractivity contribution < 1.29 is 9.90 Å². The van der Waals surface area contributed by atoms with Crippen molar-refractivity contribution in [2.24, 2.45) is 0 Å². The van der Waals surface area contributed by atoms with Crippen LogP contribution < -0.4 is 5.32 Å². The zero-order valence-corrected chi connectivity index (χ0v) is 11.9. The molecular weight excluding hydrogens is 280 g/mol. The molecule has 0 aliphatic carbocycles. The lowest BCUT2D eigenvalue weighted by atomic mass is 10.4. The van der Waals surface area contributed by atoms with Gasteiger partial charge in [0.2, 0.25) is 0 Å². The molecule has 4 nitrogen and oxygen atoms in total. The van der Waals surface area contributed by atoms with Gasteiger partial charge in [0.05, 0.1) is 16.4 Å². The van der Waals surface area contributed by atoms with Crippen molar-refractivity contribution in [2.45, 2.75) is 13.3 Å². The summed E-state index contributed by atoms with van der Waals surface area (Å²) in [4.78, 5) is 18.5. The number of aryl methyl sites for hydroxylation is 1. The third kappa shape index (κ3) is 3.89. The molecule has 0 aliphatic rings. The maximum Gasteiger partial charge on any atom is 0.267 e. The Morgan fingerprint density at radius 2 is 2.32 bits per heavy atom. The SMILES string of the molecule is Cc1cnc(NC(=O)c2ccc(C#CCCO)s2)s1. The molecule has 0 atom stereocenters. The third-order valence-corrected chi connectivity index (χ3v) is 3.95. The van der Waals surface area contributed by atoms with Gasteiger partial charge in [0, 0.05) is 17.5 Å². The van der Waals surface area contributed by atoms with E-state index in [1.54, 1.807) is 18.3 Å². The van der Waals surface area contributed by atoms with Crippen molar-refractivity contribution in [1.29, 1.82) is 0 Å². The fourth-order valence-electron chi connectivity index (χ4n) is 1.30. The molecule has 2 heterocycles. The topological polar surface area (TPSA) is 62.2 Å². The maximum absolute atomic E-state index is 11.9. The Morgan fingerprint density at radius 1 is 1.47 bits per heavy atom. The maximum atomic E-state index is 11.9. The smallest absolute Gasteiger partial charge is 0.267 e. The van der Waals surface area contributed by atoms with Gasteiger partial charge in [-0.2, -0.15) is 0 Å². The lowest BCUT2D eigenvalue weighted by Gasteiger charge is -1.96. The first-order chi connectivity index (χ1) is 9.19. The summed E-state index contributed by atoms with van der Waals surface area (Å²) in [7, 11) is 0. The van der Waals surface area contributed by atoms with Crippen molar-refractivity contribution in [3.63, 3.8) is 0 Å². The van der Waals surface area contributed by atoms with Gasteiger partial charge in [0.15, 0.2) is 5.13 Å². The van der Waals surface area contributed by atoms with E-state index < -0.39 is 0 Å². The van der Waals surface area contributed by atoms with Crippen molar-refractivity contribution >= 4 is 33.7 Å². The van der Waals surface area contributed by atoms with Gasteiger partial charge in [0.25, 0.3) is 5.91 Å². The monoisotopic (exact) mass is 292 g/mol. The normalized spacial score (nSPS) is 9.79. The van der Waals surface area contributed by atoms with E-state index in [1.807, 2.05) is 6.92 Å². The highest BCUT2D eigenvalue weighted by atomic mass is 32.1. The van der Waals surface area contributed by atoms with Gasteiger partial charge < -0.3 is 5.11 Å². The van der Waals surface area contributed by atoms with E-state index in [0.717, 1.165) is 9.75 Å². The first-order valence-electron chi connectivity index (χ1n) is 5.62. The number of hydrogen-bond donors (Lipinski definition) is 2. The summed E-state index contributed by atoms with van der Waals surface area (Å²) < 4.78 is 0. The summed E-state index contributed by atoms with van der Waals surface area (Å²) in [6, 6.07) is 3.54. The summed E-state index contributed by atoms with van der Waals surface area (Å²) in [6.45, 7) is 1.99. The zero-order chi connectivity index (χ0) is 13.7. The van der Waals surface area contributed by atoms with Crippen LogP contribution in [0.5, 0.6) is 0 Å². The fourth-order valence-corrected chi connectivity index (χ4v) is 2.74. The minimum absolute atomic E-state index is 0.0507. The molecule has 2 rings (SSSR count). The third-order valence-electron chi connectivity index (χ3n) is 2.12. The average molecular weight is 292 g/mol. The quantitative estimate of drug-likeness (QED) is 0.854. The molecule has 0 saturated heterocycles. The Bertz CT molecular complexity index is 634. The van der Waals surface area contributed by atoms with E-state index in [2.05, 4.69) is 22.1 Å². The minimum Gasteiger partial charge on any atom is -0.395 e. The number of hydrogen-bond acceptors (Lipinski definition) is 5. The van der Waals surface area contributed by atoms with Crippen LogP contribution >= 0.6 is 22.7 Å². The molecule has 2 aromatic heterocycles. The first-order valence-corrected chi connectivity index (χ1v) is 7.25. The van der Waals surface area contributed by atoms with Crippen molar-refractivity contribution in [2.75, 3.05) is 11.9 Å². The molecule has 1 amide bonds. The first kappa shape index (κ1) is 13.7. The van der Waals surface area contributed by atoms with Crippen LogP contribution in [0.3, 0.4) is 0 Å². The molecule has 0 unspecified atom stereocenters. The number of thiazole rings is 1. The number of aromatic nitrogens is 1. The Morgan fingerprint density at radius 3 is 3.00 bits per heavy atom. The van der Waals surface area contributed by atoms with E-state index in [1.165, 1.54) is 22.7 Å². The van der Waals surface area contributed by atoms with Gasteiger partial charge in [-0.15, -0.1) is 22.7 Å². The Balaban J connectivity index is 2.02. The minimum atomic E-state index is -0.172. The van der Waals surface area contributed by atoms with Crippen LogP contribution in [-0.4, -0.2) is 22.6 Å². The van der Waals surface area contributed by atoms with Crippen LogP contribution in [0, 0.1) is 18.8 Å². The largest absolute Gasteiger partial charge is 0.395 e. The van der Waals surface area contributed by atoms with Gasteiger partial charge in [-0.25, -0.2) is 4.98 Å². The second-order valence-electron chi connectivity index (χ2n) is 3.67. The summed E-state index contributed by atoms with van der Waals surface area (Å²) in [5.74, 6) is 5.56. The number of nitrogens with zero attached hydrogens (tertiary/aromatic N) is 1. The predicted molar refractivity (Wildman–Crippen MR) is 77.7 cm³/mol. The number of carbonyl (C=O) groups is 1. The number of aliphatic hydroxyl groups excluding tert-OH is 1. The van der Waals surface area contributed by atoms with E-state index in [4.69, 9.17) is 5.11 Å². The number of aliphatic hydroxyl groups is 1. The van der Waals surface area contributed by atoms with Crippen molar-refractivity contribution in [3.8, 4) is 11.8 Å². The molecule has 0 aliphatic heterocycles. The van der Waals surface area contributed by atoms with E-state index in [-0.39, 0.29) is 12.5 Å². The Labute approximate surface area is 119 Å². The number of rotatable bonds is 3. The number of amides is 1. The van der Waals surface area contributed by atoms with Gasteiger partial charge in [-0.05, 0) is 19.1 Å². The molecule has 19 heavy (non-hydrogen) atoms. The van der Waals surface area contributed by atoms with Crippen LogP contribution in [-0.2, 0) is 0 Å². The molecule has 0 saturated carbocycles. The molecule has 0 radical (unpaired) electrons. The van der Waals surface area contributed by atoms with Gasteiger partial charge in [0.1, 0.15) is 0 Å². The highest BCUT2D eigenvalue weighted by Gasteiger charge is 2.10. The summed E-state index contributed by atoms with van der Waals surface area (Å²) >= 11 is 2.77. The summed E-state index contributed by atoms with van der Waals surface area (Å²) in [5, 5.41) is 12.0. The molecule has 0 spiro atoms. The standard InChI is InChI=1S/C13H12N2O2S2/c1-9-8-14-13(18-9)15-12(17)11-6-5-10(19-11)4-2-3-7-16/h5-6,8,16H,3,7H2,1H3,(H,14,15,17). The van der Waals surface area contributed by atoms with E-state index >= 15 is 0 Å². The molecule has 0 aromatic carbocycles. The van der Waals surface area contributed by atoms with E-state index in [9.17, 15) is 4.79 Å². The molecule has 98 valence electrons. The van der Waals surface area contributed by atoms with E-state index in [0.29, 0.717) is 16.4 Å². The van der Waals surface area contributed by atoms with Crippen LogP contribution in [0.15, 0.2) is 18.3 Å². The Kier molecular flexibility index (Phi) is 4.68. The van der Waals surface area contributed by atoms with Crippen molar-refractivity contribution in [3.05, 3.63) is 33.0 Å². The van der Waals surface area contributed by atoms with Crippen LogP contribution in [0.1, 0.15) is 25.8 Å². The molecule has 2 aromatic rings. The fraction of sp³-hybridized carbons (Fsp3) is 0.231. The molecule has 6 heteroatoms. The molecule has 0 fully saturated rings. The van der Waals surface area contributed by atoms with Gasteiger partial charge in [-0.1, -0.05) is 11.8 Å². The van der Waals surface area contributed by atoms with Gasteiger partial charge >= 0.3 is 0 Å².